The predicted octanol–water partition coefficient (Wildman–Crippen LogP) is 5.65. The van der Waals surface area contributed by atoms with Gasteiger partial charge in [0.1, 0.15) is 0 Å². The number of aromatic carboxylic acids is 1. The molecule has 5 heteroatoms. The summed E-state index contributed by atoms with van der Waals surface area (Å²) in [6.07, 6.45) is 5.44. The molecule has 0 bridgehead atoms. The maximum atomic E-state index is 11.4. The lowest BCUT2D eigenvalue weighted by atomic mass is 10.1. The van der Waals surface area contributed by atoms with E-state index < -0.39 is 5.97 Å². The van der Waals surface area contributed by atoms with Gasteiger partial charge in [0.25, 0.3) is 0 Å². The van der Waals surface area contributed by atoms with Gasteiger partial charge in [0, 0.05) is 4.47 Å². The van der Waals surface area contributed by atoms with Crippen LogP contribution in [0.4, 0.5) is 11.4 Å². The summed E-state index contributed by atoms with van der Waals surface area (Å²) < 4.78 is 6.77. The Balaban J connectivity index is 2.29. The molecule has 0 saturated heterocycles. The molecule has 1 aliphatic heterocycles. The molecule has 2 aromatic carbocycles. The van der Waals surface area contributed by atoms with Gasteiger partial charge < -0.3 is 14.7 Å². The molecular formula is C20H16BrNO3. The molecule has 0 fully saturated rings. The Labute approximate surface area is 154 Å². The first-order chi connectivity index (χ1) is 12.1. The molecule has 0 saturated carbocycles. The third-order valence-electron chi connectivity index (χ3n) is 3.76. The lowest BCUT2D eigenvalue weighted by Crippen LogP contribution is -2.23. The van der Waals surface area contributed by atoms with Crippen molar-refractivity contribution in [3.8, 4) is 5.75 Å². The Morgan fingerprint density at radius 1 is 1.24 bits per heavy atom. The average molecular weight is 398 g/mol. The Kier molecular flexibility index (Phi) is 4.76. The van der Waals surface area contributed by atoms with Crippen molar-refractivity contribution in [1.82, 2.24) is 0 Å². The number of carbonyl (C=O) groups is 1. The molecule has 1 aliphatic rings. The Hall–Kier alpha value is -2.79. The fourth-order valence-electron chi connectivity index (χ4n) is 2.68. The SMILES string of the molecule is C=CC1=C(/C=C\C)Oc2ccccc2N1c1cc(C(=O)O)ccc1Br. The number of rotatable bonds is 4. The number of nitrogens with zero attached hydrogens (tertiary/aromatic N) is 1. The fraction of sp³-hybridized carbons (Fsp3) is 0.0500. The van der Waals surface area contributed by atoms with Gasteiger partial charge in [-0.3, -0.25) is 0 Å². The van der Waals surface area contributed by atoms with Crippen LogP contribution in [0.25, 0.3) is 0 Å². The van der Waals surface area contributed by atoms with Crippen molar-refractivity contribution >= 4 is 33.3 Å². The lowest BCUT2D eigenvalue weighted by Gasteiger charge is -2.33. The number of carboxylic acid groups (broad SMARTS) is 1. The topological polar surface area (TPSA) is 49.8 Å². The molecule has 25 heavy (non-hydrogen) atoms. The van der Waals surface area contributed by atoms with Crippen molar-refractivity contribution in [2.24, 2.45) is 0 Å². The number of ether oxygens (including phenoxy) is 1. The van der Waals surface area contributed by atoms with Crippen molar-refractivity contribution in [2.45, 2.75) is 6.92 Å². The van der Waals surface area contributed by atoms with Crippen molar-refractivity contribution in [3.05, 3.63) is 88.8 Å². The number of halogens is 1. The molecular weight excluding hydrogens is 382 g/mol. The van der Waals surface area contributed by atoms with E-state index in [4.69, 9.17) is 4.74 Å². The monoisotopic (exact) mass is 397 g/mol. The van der Waals surface area contributed by atoms with E-state index in [1.54, 1.807) is 24.3 Å². The molecule has 2 aromatic rings. The highest BCUT2D eigenvalue weighted by atomic mass is 79.9. The molecule has 0 aliphatic carbocycles. The first-order valence-corrected chi connectivity index (χ1v) is 8.45. The zero-order valence-electron chi connectivity index (χ0n) is 13.6. The highest BCUT2D eigenvalue weighted by molar-refractivity contribution is 9.10. The van der Waals surface area contributed by atoms with E-state index in [9.17, 15) is 9.90 Å². The molecule has 0 amide bonds. The van der Waals surface area contributed by atoms with E-state index in [2.05, 4.69) is 22.5 Å². The van der Waals surface area contributed by atoms with E-state index in [1.807, 2.05) is 48.2 Å². The predicted molar refractivity (Wildman–Crippen MR) is 102 cm³/mol. The van der Waals surface area contributed by atoms with Crippen LogP contribution in [-0.4, -0.2) is 11.1 Å². The van der Waals surface area contributed by atoms with E-state index in [1.165, 1.54) is 0 Å². The summed E-state index contributed by atoms with van der Waals surface area (Å²) in [5.74, 6) is 0.353. The summed E-state index contributed by atoms with van der Waals surface area (Å²) in [4.78, 5) is 13.4. The van der Waals surface area contributed by atoms with Gasteiger partial charge in [0.05, 0.1) is 22.6 Å². The molecule has 0 radical (unpaired) electrons. The van der Waals surface area contributed by atoms with Gasteiger partial charge in [-0.05, 0) is 65.3 Å². The zero-order chi connectivity index (χ0) is 18.0. The number of carboxylic acids is 1. The highest BCUT2D eigenvalue weighted by Gasteiger charge is 2.27. The Bertz CT molecular complexity index is 915. The number of benzene rings is 2. The molecule has 1 heterocycles. The number of fused-ring (bicyclic) bond motifs is 1. The smallest absolute Gasteiger partial charge is 0.335 e. The minimum absolute atomic E-state index is 0.207. The van der Waals surface area contributed by atoms with Gasteiger partial charge >= 0.3 is 5.97 Å². The number of allylic oxidation sites excluding steroid dienone is 3. The van der Waals surface area contributed by atoms with Crippen LogP contribution in [0, 0.1) is 0 Å². The molecule has 0 atom stereocenters. The molecule has 0 spiro atoms. The van der Waals surface area contributed by atoms with E-state index in [0.717, 1.165) is 15.9 Å². The standard InChI is InChI=1S/C20H16BrNO3/c1-3-7-18-15(4-2)22(16-8-5-6-9-19(16)25-18)17-12-13(20(23)24)10-11-14(17)21/h3-12H,2H2,1H3,(H,23,24)/b7-3-. The van der Waals surface area contributed by atoms with Crippen LogP contribution in [0.1, 0.15) is 17.3 Å². The van der Waals surface area contributed by atoms with Gasteiger partial charge in [0.15, 0.2) is 11.5 Å². The van der Waals surface area contributed by atoms with Crippen molar-refractivity contribution in [1.29, 1.82) is 0 Å². The first-order valence-electron chi connectivity index (χ1n) is 7.66. The normalized spacial score (nSPS) is 13.6. The number of para-hydroxylation sites is 2. The Morgan fingerprint density at radius 2 is 2.00 bits per heavy atom. The molecule has 1 N–H and O–H groups in total. The first kappa shape index (κ1) is 17.0. The van der Waals surface area contributed by atoms with Crippen molar-refractivity contribution in [3.63, 3.8) is 0 Å². The second kappa shape index (κ2) is 6.99. The molecule has 4 nitrogen and oxygen atoms in total. The van der Waals surface area contributed by atoms with Gasteiger partial charge in [-0.15, -0.1) is 0 Å². The third-order valence-corrected chi connectivity index (χ3v) is 4.44. The molecule has 0 unspecified atom stereocenters. The van der Waals surface area contributed by atoms with Crippen LogP contribution in [0.15, 0.2) is 83.2 Å². The second-order valence-electron chi connectivity index (χ2n) is 5.33. The Morgan fingerprint density at radius 3 is 2.68 bits per heavy atom. The third kappa shape index (κ3) is 3.10. The van der Waals surface area contributed by atoms with Crippen molar-refractivity contribution in [2.75, 3.05) is 4.90 Å². The zero-order valence-corrected chi connectivity index (χ0v) is 15.2. The summed E-state index contributed by atoms with van der Waals surface area (Å²) in [6.45, 7) is 5.81. The van der Waals surface area contributed by atoms with Crippen LogP contribution in [0.5, 0.6) is 5.75 Å². The summed E-state index contributed by atoms with van der Waals surface area (Å²) in [7, 11) is 0. The highest BCUT2D eigenvalue weighted by Crippen LogP contribution is 2.45. The summed E-state index contributed by atoms with van der Waals surface area (Å²) in [5.41, 5.74) is 2.46. The van der Waals surface area contributed by atoms with Crippen LogP contribution in [0.3, 0.4) is 0 Å². The molecule has 0 aromatic heterocycles. The van der Waals surface area contributed by atoms with Crippen molar-refractivity contribution < 1.29 is 14.6 Å². The lowest BCUT2D eigenvalue weighted by molar-refractivity contribution is 0.0697. The van der Waals surface area contributed by atoms with Gasteiger partial charge in [0.2, 0.25) is 0 Å². The second-order valence-corrected chi connectivity index (χ2v) is 6.18. The summed E-state index contributed by atoms with van der Waals surface area (Å²) in [5, 5.41) is 9.35. The largest absolute Gasteiger partial charge is 0.478 e. The quantitative estimate of drug-likeness (QED) is 0.723. The summed E-state index contributed by atoms with van der Waals surface area (Å²) in [6, 6.07) is 12.5. The van der Waals surface area contributed by atoms with Crippen LogP contribution < -0.4 is 9.64 Å². The minimum Gasteiger partial charge on any atom is -0.478 e. The van der Waals surface area contributed by atoms with Crippen LogP contribution >= 0.6 is 15.9 Å². The molecule has 3 rings (SSSR count). The summed E-state index contributed by atoms with van der Waals surface area (Å²) >= 11 is 3.53. The van der Waals surface area contributed by atoms with Gasteiger partial charge in [-0.2, -0.15) is 0 Å². The van der Waals surface area contributed by atoms with E-state index >= 15 is 0 Å². The van der Waals surface area contributed by atoms with Crippen LogP contribution in [0.2, 0.25) is 0 Å². The maximum absolute atomic E-state index is 11.4. The number of anilines is 2. The van der Waals surface area contributed by atoms with Gasteiger partial charge in [-0.1, -0.05) is 24.8 Å². The average Bonchev–Trinajstić information content (AvgIpc) is 2.61. The number of hydrogen-bond donors (Lipinski definition) is 1. The fourth-order valence-corrected chi connectivity index (χ4v) is 3.10. The van der Waals surface area contributed by atoms with E-state index in [-0.39, 0.29) is 5.56 Å². The van der Waals surface area contributed by atoms with Crippen LogP contribution in [-0.2, 0) is 0 Å². The van der Waals surface area contributed by atoms with E-state index in [0.29, 0.717) is 17.2 Å². The molecule has 126 valence electrons. The minimum atomic E-state index is -0.979. The number of hydrogen-bond acceptors (Lipinski definition) is 3. The van der Waals surface area contributed by atoms with Gasteiger partial charge in [-0.25, -0.2) is 4.79 Å². The maximum Gasteiger partial charge on any atom is 0.335 e.